The van der Waals surface area contributed by atoms with Gasteiger partial charge in [0.15, 0.2) is 0 Å². The van der Waals surface area contributed by atoms with Crippen molar-refractivity contribution in [2.45, 2.75) is 26.3 Å². The molecule has 2 N–H and O–H groups in total. The third-order valence-corrected chi connectivity index (χ3v) is 3.72. The maximum Gasteiger partial charge on any atom is 0.274 e. The van der Waals surface area contributed by atoms with E-state index in [9.17, 15) is 4.79 Å². The number of hydrogen-bond donors (Lipinski definition) is 2. The van der Waals surface area contributed by atoms with Gasteiger partial charge in [-0.25, -0.2) is 9.97 Å². The van der Waals surface area contributed by atoms with Gasteiger partial charge in [-0.3, -0.25) is 4.79 Å². The molecule has 1 aromatic carbocycles. The Labute approximate surface area is 146 Å². The largest absolute Gasteiger partial charge is 0.467 e. The minimum absolute atomic E-state index is 0.277. The van der Waals surface area contributed by atoms with Gasteiger partial charge in [0.25, 0.3) is 5.91 Å². The van der Waals surface area contributed by atoms with Gasteiger partial charge < -0.3 is 15.1 Å². The number of benzene rings is 1. The molecule has 2 heterocycles. The Morgan fingerprint density at radius 2 is 1.96 bits per heavy atom. The molecule has 0 fully saturated rings. The van der Waals surface area contributed by atoms with E-state index in [1.165, 1.54) is 5.56 Å². The Kier molecular flexibility index (Phi) is 5.09. The summed E-state index contributed by atoms with van der Waals surface area (Å²) in [5.74, 6) is 1.32. The average Bonchev–Trinajstić information content (AvgIpc) is 3.14. The van der Waals surface area contributed by atoms with Crippen molar-refractivity contribution in [3.63, 3.8) is 0 Å². The molecule has 3 rings (SSSR count). The summed E-state index contributed by atoms with van der Waals surface area (Å²) < 4.78 is 5.24. The maximum atomic E-state index is 12.4. The van der Waals surface area contributed by atoms with Gasteiger partial charge in [-0.15, -0.1) is 0 Å². The highest BCUT2D eigenvalue weighted by Crippen LogP contribution is 2.17. The zero-order valence-corrected chi connectivity index (χ0v) is 14.2. The second-order valence-corrected chi connectivity index (χ2v) is 5.93. The van der Waals surface area contributed by atoms with Crippen molar-refractivity contribution in [1.82, 2.24) is 9.97 Å². The maximum absolute atomic E-state index is 12.4. The smallest absolute Gasteiger partial charge is 0.274 e. The Morgan fingerprint density at radius 1 is 1.16 bits per heavy atom. The second-order valence-electron chi connectivity index (χ2n) is 5.93. The predicted molar refractivity (Wildman–Crippen MR) is 96.6 cm³/mol. The van der Waals surface area contributed by atoms with Crippen LogP contribution in [0.4, 0.5) is 11.6 Å². The summed E-state index contributed by atoms with van der Waals surface area (Å²) in [6.45, 7) is 4.71. The van der Waals surface area contributed by atoms with Crippen LogP contribution in [0, 0.1) is 0 Å². The molecule has 1 amide bonds. The highest BCUT2D eigenvalue weighted by Gasteiger charge is 2.10. The molecule has 0 saturated carbocycles. The first-order chi connectivity index (χ1) is 12.1. The van der Waals surface area contributed by atoms with Crippen LogP contribution in [-0.4, -0.2) is 15.9 Å². The quantitative estimate of drug-likeness (QED) is 0.709. The molecule has 25 heavy (non-hydrogen) atoms. The highest BCUT2D eigenvalue weighted by molar-refractivity contribution is 6.02. The number of aromatic nitrogens is 2. The summed E-state index contributed by atoms with van der Waals surface area (Å²) in [7, 11) is 0. The van der Waals surface area contributed by atoms with Gasteiger partial charge in [0.05, 0.1) is 12.8 Å². The molecule has 2 aromatic heterocycles. The Hall–Kier alpha value is -3.15. The topological polar surface area (TPSA) is 80.0 Å². The minimum Gasteiger partial charge on any atom is -0.467 e. The number of nitrogens with zero attached hydrogens (tertiary/aromatic N) is 2. The lowest BCUT2D eigenvalue weighted by Crippen LogP contribution is -2.15. The fraction of sp³-hybridized carbons (Fsp3) is 0.211. The number of hydrogen-bond acceptors (Lipinski definition) is 5. The van der Waals surface area contributed by atoms with Gasteiger partial charge >= 0.3 is 0 Å². The number of rotatable bonds is 6. The summed E-state index contributed by atoms with van der Waals surface area (Å²) in [6, 6.07) is 13.1. The van der Waals surface area contributed by atoms with Gasteiger partial charge in [0, 0.05) is 11.9 Å². The molecule has 6 nitrogen and oxygen atoms in total. The molecule has 0 atom stereocenters. The molecule has 0 spiro atoms. The van der Waals surface area contributed by atoms with Crippen molar-refractivity contribution < 1.29 is 9.21 Å². The molecule has 0 aliphatic rings. The number of nitrogens with one attached hydrogen (secondary N) is 2. The van der Waals surface area contributed by atoms with E-state index in [1.807, 2.05) is 36.4 Å². The predicted octanol–water partition coefficient (Wildman–Crippen LogP) is 4.06. The van der Waals surface area contributed by atoms with Gasteiger partial charge in [0.1, 0.15) is 11.5 Å². The Bertz CT molecular complexity index is 827. The number of furan rings is 1. The van der Waals surface area contributed by atoms with Crippen LogP contribution < -0.4 is 10.6 Å². The zero-order chi connectivity index (χ0) is 17.6. The molecule has 3 aromatic rings. The number of carbonyl (C=O) groups excluding carboxylic acids is 1. The summed E-state index contributed by atoms with van der Waals surface area (Å²) in [5.41, 5.74) is 2.26. The van der Waals surface area contributed by atoms with Gasteiger partial charge in [-0.2, -0.15) is 0 Å². The molecular weight excluding hydrogens is 316 g/mol. The Balaban J connectivity index is 1.64. The number of anilines is 2. The van der Waals surface area contributed by atoms with Crippen molar-refractivity contribution in [1.29, 1.82) is 0 Å². The van der Waals surface area contributed by atoms with E-state index in [1.54, 1.807) is 18.5 Å². The first kappa shape index (κ1) is 16.7. The van der Waals surface area contributed by atoms with Gasteiger partial charge in [0.2, 0.25) is 5.95 Å². The first-order valence-corrected chi connectivity index (χ1v) is 8.12. The lowest BCUT2D eigenvalue weighted by molar-refractivity contribution is 0.102. The minimum atomic E-state index is -0.277. The summed E-state index contributed by atoms with van der Waals surface area (Å²) in [6.07, 6.45) is 3.15. The van der Waals surface area contributed by atoms with E-state index in [0.29, 0.717) is 24.1 Å². The van der Waals surface area contributed by atoms with Crippen molar-refractivity contribution >= 4 is 17.5 Å². The molecule has 0 unspecified atom stereocenters. The third kappa shape index (κ3) is 4.44. The molecule has 6 heteroatoms. The SMILES string of the molecule is CC(C)c1ccc(NC(=O)c2ccnc(NCc3ccco3)n2)cc1. The molecule has 0 radical (unpaired) electrons. The van der Waals surface area contributed by atoms with E-state index in [-0.39, 0.29) is 5.91 Å². The van der Waals surface area contributed by atoms with Crippen molar-refractivity contribution in [2.75, 3.05) is 10.6 Å². The van der Waals surface area contributed by atoms with E-state index in [2.05, 4.69) is 34.4 Å². The number of carbonyl (C=O) groups is 1. The van der Waals surface area contributed by atoms with E-state index in [4.69, 9.17) is 4.42 Å². The summed E-state index contributed by atoms with van der Waals surface area (Å²) in [4.78, 5) is 20.7. The fourth-order valence-electron chi connectivity index (χ4n) is 2.30. The van der Waals surface area contributed by atoms with Crippen LogP contribution >= 0.6 is 0 Å². The molecular formula is C19H20N4O2. The van der Waals surface area contributed by atoms with Crippen LogP contribution in [0.2, 0.25) is 0 Å². The van der Waals surface area contributed by atoms with Crippen LogP contribution in [-0.2, 0) is 6.54 Å². The summed E-state index contributed by atoms with van der Waals surface area (Å²) >= 11 is 0. The van der Waals surface area contributed by atoms with Crippen LogP contribution in [0.1, 0.15) is 41.6 Å². The zero-order valence-electron chi connectivity index (χ0n) is 14.2. The lowest BCUT2D eigenvalue weighted by atomic mass is 10.0. The van der Waals surface area contributed by atoms with Crippen LogP contribution in [0.15, 0.2) is 59.3 Å². The fourth-order valence-corrected chi connectivity index (χ4v) is 2.30. The Morgan fingerprint density at radius 3 is 2.64 bits per heavy atom. The van der Waals surface area contributed by atoms with Crippen molar-refractivity contribution in [2.24, 2.45) is 0 Å². The molecule has 0 bridgehead atoms. The lowest BCUT2D eigenvalue weighted by Gasteiger charge is -2.09. The van der Waals surface area contributed by atoms with E-state index >= 15 is 0 Å². The van der Waals surface area contributed by atoms with Gasteiger partial charge in [-0.1, -0.05) is 26.0 Å². The van der Waals surface area contributed by atoms with E-state index in [0.717, 1.165) is 11.4 Å². The molecule has 0 aliphatic carbocycles. The second kappa shape index (κ2) is 7.61. The molecule has 0 aliphatic heterocycles. The molecule has 128 valence electrons. The number of amides is 1. The van der Waals surface area contributed by atoms with Crippen LogP contribution in [0.3, 0.4) is 0 Å². The van der Waals surface area contributed by atoms with Crippen molar-refractivity contribution in [3.05, 3.63) is 71.9 Å². The standard InChI is InChI=1S/C19H20N4O2/c1-13(2)14-5-7-15(8-6-14)22-18(24)17-9-10-20-19(23-17)21-12-16-4-3-11-25-16/h3-11,13H,12H2,1-2H3,(H,22,24)(H,20,21,23). The first-order valence-electron chi connectivity index (χ1n) is 8.12. The monoisotopic (exact) mass is 336 g/mol. The van der Waals surface area contributed by atoms with Crippen LogP contribution in [0.5, 0.6) is 0 Å². The molecule has 0 saturated heterocycles. The average molecular weight is 336 g/mol. The van der Waals surface area contributed by atoms with E-state index < -0.39 is 0 Å². The third-order valence-electron chi connectivity index (χ3n) is 3.72. The normalized spacial score (nSPS) is 10.7. The van der Waals surface area contributed by atoms with Crippen LogP contribution in [0.25, 0.3) is 0 Å². The summed E-state index contributed by atoms with van der Waals surface area (Å²) in [5, 5.41) is 5.88. The van der Waals surface area contributed by atoms with Gasteiger partial charge in [-0.05, 0) is 41.8 Å². The highest BCUT2D eigenvalue weighted by atomic mass is 16.3. The van der Waals surface area contributed by atoms with Crippen molar-refractivity contribution in [3.8, 4) is 0 Å².